The molecule has 0 aromatic carbocycles. The van der Waals surface area contributed by atoms with Crippen LogP contribution in [0.2, 0.25) is 0 Å². The van der Waals surface area contributed by atoms with Crippen molar-refractivity contribution in [3.05, 3.63) is 0 Å². The van der Waals surface area contributed by atoms with E-state index in [1.807, 2.05) is 0 Å². The molecule has 2 rings (SSSR count). The summed E-state index contributed by atoms with van der Waals surface area (Å²) in [5.41, 5.74) is 0. The summed E-state index contributed by atoms with van der Waals surface area (Å²) in [6.07, 6.45) is 2.89. The van der Waals surface area contributed by atoms with Crippen molar-refractivity contribution < 1.29 is 19.5 Å². The number of hydrogen-bond acceptors (Lipinski definition) is 4. The number of likely N-dealkylation sites (tertiary alicyclic amines) is 1. The van der Waals surface area contributed by atoms with Gasteiger partial charge in [0.2, 0.25) is 11.8 Å². The second-order valence-corrected chi connectivity index (χ2v) is 5.41. The Morgan fingerprint density at radius 3 is 2.65 bits per heavy atom. The molecule has 0 aliphatic carbocycles. The van der Waals surface area contributed by atoms with E-state index in [0.29, 0.717) is 19.4 Å². The first-order valence-corrected chi connectivity index (χ1v) is 7.07. The second-order valence-electron chi connectivity index (χ2n) is 5.41. The lowest BCUT2D eigenvalue weighted by molar-refractivity contribution is -0.149. The van der Waals surface area contributed by atoms with Crippen molar-refractivity contribution in [1.29, 1.82) is 0 Å². The number of rotatable bonds is 4. The van der Waals surface area contributed by atoms with E-state index < -0.39 is 18.1 Å². The molecule has 20 heavy (non-hydrogen) atoms. The van der Waals surface area contributed by atoms with Crippen LogP contribution in [0.5, 0.6) is 0 Å². The predicted molar refractivity (Wildman–Crippen MR) is 71.0 cm³/mol. The molecule has 2 saturated heterocycles. The third-order valence-electron chi connectivity index (χ3n) is 3.93. The summed E-state index contributed by atoms with van der Waals surface area (Å²) in [4.78, 5) is 36.6. The minimum absolute atomic E-state index is 0.186. The molecule has 7 heteroatoms. The highest BCUT2D eigenvalue weighted by molar-refractivity contribution is 5.92. The van der Waals surface area contributed by atoms with E-state index in [-0.39, 0.29) is 17.9 Å². The lowest BCUT2D eigenvalue weighted by Crippen LogP contribution is -2.53. The van der Waals surface area contributed by atoms with E-state index in [4.69, 9.17) is 5.11 Å². The molecule has 2 amide bonds. The SMILES string of the molecule is CC(NC(=O)C1CCCN1)C(=O)N1CCCC1C(=O)O. The van der Waals surface area contributed by atoms with E-state index in [1.54, 1.807) is 6.92 Å². The number of carboxylic acids is 1. The van der Waals surface area contributed by atoms with Gasteiger partial charge < -0.3 is 20.6 Å². The smallest absolute Gasteiger partial charge is 0.326 e. The lowest BCUT2D eigenvalue weighted by atomic mass is 10.2. The Bertz CT molecular complexity index is 406. The van der Waals surface area contributed by atoms with Crippen molar-refractivity contribution in [2.75, 3.05) is 13.1 Å². The van der Waals surface area contributed by atoms with Crippen LogP contribution in [0.4, 0.5) is 0 Å². The molecule has 0 spiro atoms. The van der Waals surface area contributed by atoms with Gasteiger partial charge >= 0.3 is 5.97 Å². The summed E-state index contributed by atoms with van der Waals surface area (Å²) in [5.74, 6) is -1.48. The van der Waals surface area contributed by atoms with Crippen molar-refractivity contribution in [2.24, 2.45) is 0 Å². The summed E-state index contributed by atoms with van der Waals surface area (Å²) in [6, 6.07) is -1.68. The van der Waals surface area contributed by atoms with E-state index in [2.05, 4.69) is 10.6 Å². The number of nitrogens with one attached hydrogen (secondary N) is 2. The molecule has 0 aromatic heterocycles. The number of carboxylic acid groups (broad SMARTS) is 1. The van der Waals surface area contributed by atoms with Crippen LogP contribution in [-0.2, 0) is 14.4 Å². The van der Waals surface area contributed by atoms with Gasteiger partial charge in [-0.25, -0.2) is 4.79 Å². The Morgan fingerprint density at radius 1 is 1.30 bits per heavy atom. The van der Waals surface area contributed by atoms with Gasteiger partial charge in [0, 0.05) is 6.54 Å². The van der Waals surface area contributed by atoms with Gasteiger partial charge in [0.05, 0.1) is 6.04 Å². The van der Waals surface area contributed by atoms with Gasteiger partial charge in [-0.3, -0.25) is 9.59 Å². The molecule has 3 unspecified atom stereocenters. The van der Waals surface area contributed by atoms with Gasteiger partial charge in [-0.2, -0.15) is 0 Å². The van der Waals surface area contributed by atoms with E-state index >= 15 is 0 Å². The van der Waals surface area contributed by atoms with Gasteiger partial charge in [0.25, 0.3) is 0 Å². The van der Waals surface area contributed by atoms with Crippen molar-refractivity contribution in [2.45, 2.75) is 50.7 Å². The highest BCUT2D eigenvalue weighted by Crippen LogP contribution is 2.18. The molecule has 2 aliphatic heterocycles. The maximum atomic E-state index is 12.2. The largest absolute Gasteiger partial charge is 0.480 e. The van der Waals surface area contributed by atoms with Crippen molar-refractivity contribution in [1.82, 2.24) is 15.5 Å². The van der Waals surface area contributed by atoms with Crippen LogP contribution >= 0.6 is 0 Å². The third-order valence-corrected chi connectivity index (χ3v) is 3.93. The molecule has 0 aromatic rings. The maximum Gasteiger partial charge on any atom is 0.326 e. The summed E-state index contributed by atoms with van der Waals surface area (Å²) < 4.78 is 0. The fourth-order valence-corrected chi connectivity index (χ4v) is 2.82. The van der Waals surface area contributed by atoms with Crippen LogP contribution in [-0.4, -0.2) is 59.0 Å². The topological polar surface area (TPSA) is 98.7 Å². The monoisotopic (exact) mass is 283 g/mol. The molecular formula is C13H21N3O4. The van der Waals surface area contributed by atoms with Crippen LogP contribution in [0.1, 0.15) is 32.6 Å². The summed E-state index contributed by atoms with van der Waals surface area (Å²) in [5, 5.41) is 14.8. The van der Waals surface area contributed by atoms with Crippen LogP contribution in [0, 0.1) is 0 Å². The van der Waals surface area contributed by atoms with Crippen LogP contribution in [0.15, 0.2) is 0 Å². The number of hydrogen-bond donors (Lipinski definition) is 3. The minimum Gasteiger partial charge on any atom is -0.480 e. The molecule has 2 fully saturated rings. The average Bonchev–Trinajstić information content (AvgIpc) is 3.08. The number of carbonyl (C=O) groups excluding carboxylic acids is 2. The fourth-order valence-electron chi connectivity index (χ4n) is 2.82. The Labute approximate surface area is 117 Å². The van der Waals surface area contributed by atoms with E-state index in [1.165, 1.54) is 4.90 Å². The molecule has 0 saturated carbocycles. The Hall–Kier alpha value is -1.63. The standard InChI is InChI=1S/C13H21N3O4/c1-8(15-11(17)9-4-2-6-14-9)12(18)16-7-3-5-10(16)13(19)20/h8-10,14H,2-7H2,1H3,(H,15,17)(H,19,20). The number of carbonyl (C=O) groups is 3. The Balaban J connectivity index is 1.91. The Kier molecular flexibility index (Phi) is 4.59. The molecule has 112 valence electrons. The minimum atomic E-state index is -0.980. The molecule has 3 N–H and O–H groups in total. The van der Waals surface area contributed by atoms with Crippen LogP contribution in [0.25, 0.3) is 0 Å². The highest BCUT2D eigenvalue weighted by atomic mass is 16.4. The normalized spacial score (nSPS) is 27.4. The first-order valence-electron chi connectivity index (χ1n) is 7.07. The molecule has 0 bridgehead atoms. The van der Waals surface area contributed by atoms with Gasteiger partial charge in [-0.05, 0) is 39.2 Å². The number of nitrogens with zero attached hydrogens (tertiary/aromatic N) is 1. The van der Waals surface area contributed by atoms with Crippen molar-refractivity contribution in [3.8, 4) is 0 Å². The lowest BCUT2D eigenvalue weighted by Gasteiger charge is -2.26. The van der Waals surface area contributed by atoms with Gasteiger partial charge in [0.15, 0.2) is 0 Å². The Morgan fingerprint density at radius 2 is 2.05 bits per heavy atom. The first kappa shape index (κ1) is 14.8. The second kappa shape index (κ2) is 6.21. The van der Waals surface area contributed by atoms with E-state index in [0.717, 1.165) is 19.4 Å². The predicted octanol–water partition coefficient (Wildman–Crippen LogP) is -0.681. The van der Waals surface area contributed by atoms with E-state index in [9.17, 15) is 14.4 Å². The molecule has 2 heterocycles. The number of aliphatic carboxylic acids is 1. The maximum absolute atomic E-state index is 12.2. The first-order chi connectivity index (χ1) is 9.50. The summed E-state index contributed by atoms with van der Waals surface area (Å²) in [7, 11) is 0. The summed E-state index contributed by atoms with van der Waals surface area (Å²) >= 11 is 0. The zero-order valence-electron chi connectivity index (χ0n) is 11.6. The molecule has 2 aliphatic rings. The molecule has 7 nitrogen and oxygen atoms in total. The van der Waals surface area contributed by atoms with Crippen LogP contribution < -0.4 is 10.6 Å². The van der Waals surface area contributed by atoms with Gasteiger partial charge in [-0.15, -0.1) is 0 Å². The zero-order chi connectivity index (χ0) is 14.7. The fraction of sp³-hybridized carbons (Fsp3) is 0.769. The molecule has 3 atom stereocenters. The van der Waals surface area contributed by atoms with Crippen molar-refractivity contribution in [3.63, 3.8) is 0 Å². The van der Waals surface area contributed by atoms with Crippen LogP contribution in [0.3, 0.4) is 0 Å². The molecular weight excluding hydrogens is 262 g/mol. The highest BCUT2D eigenvalue weighted by Gasteiger charge is 2.36. The molecule has 0 radical (unpaired) electrons. The number of amides is 2. The zero-order valence-corrected chi connectivity index (χ0v) is 11.6. The quantitative estimate of drug-likeness (QED) is 0.635. The average molecular weight is 283 g/mol. The van der Waals surface area contributed by atoms with Gasteiger partial charge in [-0.1, -0.05) is 0 Å². The summed E-state index contributed by atoms with van der Waals surface area (Å²) in [6.45, 7) is 2.86. The third kappa shape index (κ3) is 3.09. The van der Waals surface area contributed by atoms with Gasteiger partial charge in [0.1, 0.15) is 12.1 Å². The van der Waals surface area contributed by atoms with Crippen molar-refractivity contribution >= 4 is 17.8 Å².